The maximum atomic E-state index is 12.1. The lowest BCUT2D eigenvalue weighted by atomic mass is 9.97. The lowest BCUT2D eigenvalue weighted by molar-refractivity contribution is -0.148. The van der Waals surface area contributed by atoms with Gasteiger partial charge in [0.15, 0.2) is 0 Å². The highest BCUT2D eigenvalue weighted by Gasteiger charge is 2.30. The van der Waals surface area contributed by atoms with Gasteiger partial charge < -0.3 is 14.8 Å². The van der Waals surface area contributed by atoms with Gasteiger partial charge in [-0.1, -0.05) is 19.8 Å². The first kappa shape index (κ1) is 17.5. The van der Waals surface area contributed by atoms with E-state index in [0.29, 0.717) is 12.3 Å². The molecule has 120 valence electrons. The lowest BCUT2D eigenvalue weighted by Gasteiger charge is -2.22. The third-order valence-corrected chi connectivity index (χ3v) is 4.01. The molecule has 0 unspecified atom stereocenters. The van der Waals surface area contributed by atoms with E-state index in [1.165, 1.54) is 14.2 Å². The molecule has 0 bridgehead atoms. The summed E-state index contributed by atoms with van der Waals surface area (Å²) in [5.74, 6) is -1.08. The van der Waals surface area contributed by atoms with E-state index in [1.807, 2.05) is 0 Å². The molecule has 0 heterocycles. The number of carbonyl (C=O) groups is 3. The summed E-state index contributed by atoms with van der Waals surface area (Å²) in [5.41, 5.74) is 0. The minimum atomic E-state index is -0.817. The van der Waals surface area contributed by atoms with Gasteiger partial charge in [0, 0.05) is 6.42 Å². The first-order valence-electron chi connectivity index (χ1n) is 7.42. The zero-order chi connectivity index (χ0) is 15.8. The van der Waals surface area contributed by atoms with Gasteiger partial charge in [-0.15, -0.1) is 0 Å². The van der Waals surface area contributed by atoms with Crippen molar-refractivity contribution in [1.29, 1.82) is 0 Å². The Morgan fingerprint density at radius 3 is 2.29 bits per heavy atom. The van der Waals surface area contributed by atoms with Gasteiger partial charge in [0.1, 0.15) is 6.04 Å². The molecule has 0 aromatic carbocycles. The predicted molar refractivity (Wildman–Crippen MR) is 76.3 cm³/mol. The first-order valence-corrected chi connectivity index (χ1v) is 7.42. The molecule has 1 aliphatic carbocycles. The second-order valence-corrected chi connectivity index (χ2v) is 5.68. The van der Waals surface area contributed by atoms with E-state index in [1.54, 1.807) is 6.92 Å². The normalized spacial score (nSPS) is 17.9. The Morgan fingerprint density at radius 1 is 1.14 bits per heavy atom. The van der Waals surface area contributed by atoms with E-state index in [0.717, 1.165) is 25.7 Å². The van der Waals surface area contributed by atoms with Gasteiger partial charge in [0.2, 0.25) is 5.91 Å². The average Bonchev–Trinajstić information content (AvgIpc) is 2.96. The minimum absolute atomic E-state index is 0.0555. The number of hydrogen-bond donors (Lipinski definition) is 1. The molecule has 0 spiro atoms. The van der Waals surface area contributed by atoms with E-state index in [9.17, 15) is 14.4 Å². The topological polar surface area (TPSA) is 81.7 Å². The Morgan fingerprint density at radius 2 is 1.76 bits per heavy atom. The van der Waals surface area contributed by atoms with E-state index in [4.69, 9.17) is 4.74 Å². The smallest absolute Gasteiger partial charge is 0.328 e. The summed E-state index contributed by atoms with van der Waals surface area (Å²) in [6.45, 7) is 1.72. The molecule has 1 aliphatic rings. The Kier molecular flexibility index (Phi) is 7.19. The molecule has 0 aliphatic heterocycles. The van der Waals surface area contributed by atoms with Crippen molar-refractivity contribution in [3.8, 4) is 0 Å². The zero-order valence-electron chi connectivity index (χ0n) is 13.0. The molecule has 1 amide bonds. The zero-order valence-corrected chi connectivity index (χ0v) is 13.0. The molecular formula is C15H25NO5. The number of carbonyl (C=O) groups excluding carboxylic acids is 3. The van der Waals surface area contributed by atoms with Gasteiger partial charge in [0.25, 0.3) is 0 Å². The fraction of sp³-hybridized carbons (Fsp3) is 0.800. The van der Waals surface area contributed by atoms with Crippen LogP contribution < -0.4 is 5.32 Å². The van der Waals surface area contributed by atoms with Gasteiger partial charge in [-0.25, -0.2) is 4.79 Å². The molecule has 1 fully saturated rings. The van der Waals surface area contributed by atoms with Crippen molar-refractivity contribution < 1.29 is 23.9 Å². The number of rotatable bonds is 7. The van der Waals surface area contributed by atoms with Crippen LogP contribution >= 0.6 is 0 Å². The van der Waals surface area contributed by atoms with Crippen LogP contribution in [0.1, 0.15) is 45.4 Å². The maximum Gasteiger partial charge on any atom is 0.328 e. The van der Waals surface area contributed by atoms with Gasteiger partial charge in [0.05, 0.1) is 20.6 Å². The van der Waals surface area contributed by atoms with Crippen molar-refractivity contribution in [2.75, 3.05) is 14.2 Å². The number of methoxy groups -OCH3 is 2. The fourth-order valence-corrected chi connectivity index (χ4v) is 2.73. The Balaban J connectivity index is 2.57. The van der Waals surface area contributed by atoms with Gasteiger partial charge in [-0.2, -0.15) is 0 Å². The summed E-state index contributed by atoms with van der Waals surface area (Å²) in [4.78, 5) is 35.2. The largest absolute Gasteiger partial charge is 0.469 e. The van der Waals surface area contributed by atoms with E-state index in [2.05, 4.69) is 10.1 Å². The number of amides is 1. The Bertz CT molecular complexity index is 376. The van der Waals surface area contributed by atoms with Crippen molar-refractivity contribution in [2.24, 2.45) is 11.8 Å². The minimum Gasteiger partial charge on any atom is -0.469 e. The van der Waals surface area contributed by atoms with E-state index >= 15 is 0 Å². The first-order chi connectivity index (χ1) is 9.97. The highest BCUT2D eigenvalue weighted by Crippen LogP contribution is 2.27. The summed E-state index contributed by atoms with van der Waals surface area (Å²) in [6.07, 6.45) is 4.94. The molecule has 0 radical (unpaired) electrons. The fourth-order valence-electron chi connectivity index (χ4n) is 2.73. The molecule has 6 nitrogen and oxygen atoms in total. The van der Waals surface area contributed by atoms with Crippen molar-refractivity contribution in [2.45, 2.75) is 51.5 Å². The number of esters is 2. The SMILES string of the molecule is COC(=O)C[C@@H](C)[C@@H](NC(=O)CC1CCCC1)C(=O)OC. The molecule has 1 rings (SSSR count). The predicted octanol–water partition coefficient (Wildman–Crippen LogP) is 1.42. The molecule has 0 aromatic heterocycles. The van der Waals surface area contributed by atoms with Crippen molar-refractivity contribution in [1.82, 2.24) is 5.32 Å². The molecule has 0 aromatic rings. The summed E-state index contributed by atoms with van der Waals surface area (Å²) in [7, 11) is 2.56. The molecule has 0 saturated heterocycles. The number of hydrogen-bond acceptors (Lipinski definition) is 5. The van der Waals surface area contributed by atoms with E-state index in [-0.39, 0.29) is 18.2 Å². The standard InChI is InChI=1S/C15H25NO5/c1-10(8-13(18)20-2)14(15(19)21-3)16-12(17)9-11-6-4-5-7-11/h10-11,14H,4-9H2,1-3H3,(H,16,17)/t10-,14-/m1/s1. The van der Waals surface area contributed by atoms with Crippen molar-refractivity contribution >= 4 is 17.8 Å². The molecule has 21 heavy (non-hydrogen) atoms. The van der Waals surface area contributed by atoms with Crippen LogP contribution in [0, 0.1) is 11.8 Å². The number of nitrogens with one attached hydrogen (secondary N) is 1. The third kappa shape index (κ3) is 5.73. The average molecular weight is 299 g/mol. The lowest BCUT2D eigenvalue weighted by Crippen LogP contribution is -2.46. The Labute approximate surface area is 125 Å². The van der Waals surface area contributed by atoms with Crippen molar-refractivity contribution in [3.05, 3.63) is 0 Å². The van der Waals surface area contributed by atoms with Crippen LogP contribution in [0.4, 0.5) is 0 Å². The van der Waals surface area contributed by atoms with Crippen molar-refractivity contribution in [3.63, 3.8) is 0 Å². The van der Waals surface area contributed by atoms with Crippen LogP contribution in [-0.2, 0) is 23.9 Å². The molecule has 1 N–H and O–H groups in total. The van der Waals surface area contributed by atoms with Gasteiger partial charge in [-0.05, 0) is 24.7 Å². The summed E-state index contributed by atoms with van der Waals surface area (Å²) in [5, 5.41) is 2.70. The second kappa shape index (κ2) is 8.64. The van der Waals surface area contributed by atoms with Crippen LogP contribution in [0.25, 0.3) is 0 Å². The number of ether oxygens (including phenoxy) is 2. The third-order valence-electron chi connectivity index (χ3n) is 4.01. The highest BCUT2D eigenvalue weighted by molar-refractivity contribution is 5.85. The van der Waals surface area contributed by atoms with Crippen LogP contribution in [-0.4, -0.2) is 38.1 Å². The van der Waals surface area contributed by atoms with E-state index < -0.39 is 18.0 Å². The summed E-state index contributed by atoms with van der Waals surface area (Å²) >= 11 is 0. The molecule has 2 atom stereocenters. The van der Waals surface area contributed by atoms with Gasteiger partial charge in [-0.3, -0.25) is 9.59 Å². The monoisotopic (exact) mass is 299 g/mol. The second-order valence-electron chi connectivity index (χ2n) is 5.68. The Hall–Kier alpha value is -1.59. The van der Waals surface area contributed by atoms with Crippen LogP contribution in [0.2, 0.25) is 0 Å². The maximum absolute atomic E-state index is 12.1. The van der Waals surface area contributed by atoms with Crippen LogP contribution in [0.15, 0.2) is 0 Å². The van der Waals surface area contributed by atoms with Crippen LogP contribution in [0.5, 0.6) is 0 Å². The highest BCUT2D eigenvalue weighted by atomic mass is 16.5. The quantitative estimate of drug-likeness (QED) is 0.719. The molecule has 1 saturated carbocycles. The van der Waals surface area contributed by atoms with Gasteiger partial charge >= 0.3 is 11.9 Å². The summed E-state index contributed by atoms with van der Waals surface area (Å²) < 4.78 is 9.31. The summed E-state index contributed by atoms with van der Waals surface area (Å²) in [6, 6.07) is -0.817. The molecular weight excluding hydrogens is 274 g/mol. The molecule has 6 heteroatoms. The van der Waals surface area contributed by atoms with Crippen LogP contribution in [0.3, 0.4) is 0 Å².